The number of benzene rings is 2. The van der Waals surface area contributed by atoms with Gasteiger partial charge in [0, 0.05) is 18.2 Å². The summed E-state index contributed by atoms with van der Waals surface area (Å²) in [6, 6.07) is 10.9. The summed E-state index contributed by atoms with van der Waals surface area (Å²) in [7, 11) is 1.64. The fourth-order valence-corrected chi connectivity index (χ4v) is 2.41. The average molecular weight is 281 g/mol. The van der Waals surface area contributed by atoms with Crippen LogP contribution in [0.25, 0.3) is 11.1 Å². The second-order valence-electron chi connectivity index (χ2n) is 5.26. The Hall–Kier alpha value is -2.62. The zero-order valence-electron chi connectivity index (χ0n) is 12.1. The fraction of sp³-hybridized carbons (Fsp3) is 0.176. The van der Waals surface area contributed by atoms with Gasteiger partial charge in [-0.25, -0.2) is 4.79 Å². The maximum absolute atomic E-state index is 12.6. The minimum absolute atomic E-state index is 0.0652. The first-order valence-electron chi connectivity index (χ1n) is 6.69. The second-order valence-corrected chi connectivity index (χ2v) is 5.26. The molecule has 3 rings (SSSR count). The Kier molecular flexibility index (Phi) is 3.01. The number of hydrogen-bond acceptors (Lipinski definition) is 3. The first-order chi connectivity index (χ1) is 9.97. The molecule has 2 aromatic carbocycles. The van der Waals surface area contributed by atoms with E-state index in [0.717, 1.165) is 11.1 Å². The fourth-order valence-electron chi connectivity index (χ4n) is 2.41. The van der Waals surface area contributed by atoms with E-state index in [9.17, 15) is 9.59 Å². The van der Waals surface area contributed by atoms with Gasteiger partial charge >= 0.3 is 5.76 Å². The second kappa shape index (κ2) is 4.74. The van der Waals surface area contributed by atoms with Gasteiger partial charge in [-0.3, -0.25) is 9.36 Å². The summed E-state index contributed by atoms with van der Waals surface area (Å²) in [4.78, 5) is 24.1. The Morgan fingerprint density at radius 2 is 1.86 bits per heavy atom. The molecule has 0 unspecified atom stereocenters. The van der Waals surface area contributed by atoms with Crippen LogP contribution < -0.4 is 5.76 Å². The highest BCUT2D eigenvalue weighted by molar-refractivity contribution is 6.11. The Bertz CT molecular complexity index is 915. The molecule has 3 aromatic rings. The van der Waals surface area contributed by atoms with E-state index >= 15 is 0 Å². The quantitative estimate of drug-likeness (QED) is 0.678. The van der Waals surface area contributed by atoms with Crippen molar-refractivity contribution in [3.8, 4) is 0 Å². The third-order valence-corrected chi connectivity index (χ3v) is 3.69. The molecule has 106 valence electrons. The van der Waals surface area contributed by atoms with E-state index in [4.69, 9.17) is 4.42 Å². The average Bonchev–Trinajstić information content (AvgIpc) is 2.75. The van der Waals surface area contributed by atoms with Crippen LogP contribution in [-0.2, 0) is 7.05 Å². The van der Waals surface area contributed by atoms with Crippen molar-refractivity contribution in [1.29, 1.82) is 0 Å². The number of aromatic nitrogens is 1. The highest BCUT2D eigenvalue weighted by Gasteiger charge is 2.14. The van der Waals surface area contributed by atoms with Crippen molar-refractivity contribution in [2.24, 2.45) is 7.05 Å². The smallest absolute Gasteiger partial charge is 0.408 e. The van der Waals surface area contributed by atoms with Crippen LogP contribution in [0, 0.1) is 13.8 Å². The molecule has 0 N–H and O–H groups in total. The lowest BCUT2D eigenvalue weighted by atomic mass is 9.97. The zero-order chi connectivity index (χ0) is 15.1. The molecule has 0 aliphatic carbocycles. The van der Waals surface area contributed by atoms with Gasteiger partial charge in [0.2, 0.25) is 0 Å². The molecule has 0 spiro atoms. The van der Waals surface area contributed by atoms with Crippen LogP contribution in [0.3, 0.4) is 0 Å². The molecule has 1 aromatic heterocycles. The molecule has 21 heavy (non-hydrogen) atoms. The van der Waals surface area contributed by atoms with Crippen LogP contribution >= 0.6 is 0 Å². The van der Waals surface area contributed by atoms with Crippen LogP contribution in [0.15, 0.2) is 45.6 Å². The lowest BCUT2D eigenvalue weighted by Crippen LogP contribution is -2.08. The maximum Gasteiger partial charge on any atom is 0.419 e. The number of carbonyl (C=O) groups excluding carboxylic acids is 1. The van der Waals surface area contributed by atoms with E-state index in [-0.39, 0.29) is 5.78 Å². The molecule has 0 bridgehead atoms. The Labute approximate surface area is 121 Å². The number of hydrogen-bond donors (Lipinski definition) is 0. The van der Waals surface area contributed by atoms with Gasteiger partial charge in [0.25, 0.3) is 0 Å². The topological polar surface area (TPSA) is 52.2 Å². The van der Waals surface area contributed by atoms with Gasteiger partial charge < -0.3 is 4.42 Å². The molecule has 4 nitrogen and oxygen atoms in total. The zero-order valence-corrected chi connectivity index (χ0v) is 12.1. The minimum atomic E-state index is -0.429. The molecule has 4 heteroatoms. The van der Waals surface area contributed by atoms with Crippen molar-refractivity contribution >= 4 is 16.9 Å². The lowest BCUT2D eigenvalue weighted by Gasteiger charge is -2.06. The van der Waals surface area contributed by atoms with Crippen LogP contribution in [0.2, 0.25) is 0 Å². The minimum Gasteiger partial charge on any atom is -0.408 e. The molecule has 0 saturated carbocycles. The maximum atomic E-state index is 12.6. The molecule has 0 aliphatic heterocycles. The van der Waals surface area contributed by atoms with Crippen LogP contribution in [0.1, 0.15) is 27.0 Å². The third kappa shape index (κ3) is 2.18. The Balaban J connectivity index is 2.13. The number of aryl methyl sites for hydroxylation is 3. The summed E-state index contributed by atoms with van der Waals surface area (Å²) in [5, 5.41) is 0. The Morgan fingerprint density at radius 3 is 2.62 bits per heavy atom. The number of rotatable bonds is 2. The summed E-state index contributed by atoms with van der Waals surface area (Å²) >= 11 is 0. The Morgan fingerprint density at radius 1 is 1.10 bits per heavy atom. The van der Waals surface area contributed by atoms with Crippen molar-refractivity contribution in [1.82, 2.24) is 4.57 Å². The largest absolute Gasteiger partial charge is 0.419 e. The van der Waals surface area contributed by atoms with E-state index < -0.39 is 5.76 Å². The van der Waals surface area contributed by atoms with E-state index in [1.165, 1.54) is 4.57 Å². The summed E-state index contributed by atoms with van der Waals surface area (Å²) in [5.74, 6) is -0.495. The van der Waals surface area contributed by atoms with Gasteiger partial charge in [0.15, 0.2) is 11.4 Å². The third-order valence-electron chi connectivity index (χ3n) is 3.69. The van der Waals surface area contributed by atoms with E-state index in [0.29, 0.717) is 22.2 Å². The molecule has 0 radical (unpaired) electrons. The van der Waals surface area contributed by atoms with Gasteiger partial charge in [-0.15, -0.1) is 0 Å². The predicted octanol–water partition coefficient (Wildman–Crippen LogP) is 2.98. The summed E-state index contributed by atoms with van der Waals surface area (Å²) in [6.45, 7) is 3.86. The molecular weight excluding hydrogens is 266 g/mol. The van der Waals surface area contributed by atoms with Gasteiger partial charge in [-0.05, 0) is 43.7 Å². The van der Waals surface area contributed by atoms with Gasteiger partial charge in [-0.1, -0.05) is 17.7 Å². The van der Waals surface area contributed by atoms with E-state index in [1.54, 1.807) is 25.2 Å². The molecule has 0 fully saturated rings. The number of nitrogens with zero attached hydrogens (tertiary/aromatic N) is 1. The number of ketones is 1. The van der Waals surface area contributed by atoms with Crippen molar-refractivity contribution in [3.63, 3.8) is 0 Å². The molecule has 0 aliphatic rings. The van der Waals surface area contributed by atoms with Crippen molar-refractivity contribution in [2.75, 3.05) is 0 Å². The van der Waals surface area contributed by atoms with Gasteiger partial charge in [0.05, 0.1) is 5.52 Å². The van der Waals surface area contributed by atoms with Crippen LogP contribution in [0.5, 0.6) is 0 Å². The van der Waals surface area contributed by atoms with Crippen LogP contribution in [0.4, 0.5) is 0 Å². The molecule has 0 amide bonds. The normalized spacial score (nSPS) is 11.0. The molecular formula is C17H15NO3. The predicted molar refractivity (Wildman–Crippen MR) is 80.8 cm³/mol. The standard InChI is InChI=1S/C17H15NO3/c1-10-4-5-11(2)13(8-10)16(19)12-6-7-14-15(9-12)21-17(20)18(14)3/h4-9H,1-3H3. The summed E-state index contributed by atoms with van der Waals surface area (Å²) in [5.41, 5.74) is 4.27. The number of carbonyl (C=O) groups is 1. The monoisotopic (exact) mass is 281 g/mol. The SMILES string of the molecule is Cc1ccc(C)c(C(=O)c2ccc3c(c2)oc(=O)n3C)c1. The molecule has 1 heterocycles. The first-order valence-corrected chi connectivity index (χ1v) is 6.69. The summed E-state index contributed by atoms with van der Waals surface area (Å²) in [6.07, 6.45) is 0. The highest BCUT2D eigenvalue weighted by Crippen LogP contribution is 2.19. The van der Waals surface area contributed by atoms with Crippen molar-refractivity contribution < 1.29 is 9.21 Å². The number of fused-ring (bicyclic) bond motifs is 1. The van der Waals surface area contributed by atoms with Crippen molar-refractivity contribution in [3.05, 3.63) is 69.2 Å². The van der Waals surface area contributed by atoms with Gasteiger partial charge in [-0.2, -0.15) is 0 Å². The molecule has 0 atom stereocenters. The summed E-state index contributed by atoms with van der Waals surface area (Å²) < 4.78 is 6.55. The van der Waals surface area contributed by atoms with E-state index in [2.05, 4.69) is 0 Å². The first kappa shape index (κ1) is 13.4. The van der Waals surface area contributed by atoms with Crippen molar-refractivity contribution in [2.45, 2.75) is 13.8 Å². The van der Waals surface area contributed by atoms with E-state index in [1.807, 2.05) is 32.0 Å². The van der Waals surface area contributed by atoms with Crippen LogP contribution in [-0.4, -0.2) is 10.4 Å². The highest BCUT2D eigenvalue weighted by atomic mass is 16.4. The lowest BCUT2D eigenvalue weighted by molar-refractivity contribution is 0.103. The number of oxazole rings is 1. The van der Waals surface area contributed by atoms with Gasteiger partial charge in [0.1, 0.15) is 0 Å². The molecule has 0 saturated heterocycles.